The van der Waals surface area contributed by atoms with E-state index in [9.17, 15) is 9.59 Å². The van der Waals surface area contributed by atoms with Crippen LogP contribution in [-0.4, -0.2) is 61.0 Å². The lowest BCUT2D eigenvalue weighted by atomic mass is 9.98. The Morgan fingerprint density at radius 3 is 1.93 bits per heavy atom. The smallest absolute Gasteiger partial charge is 0.303 e. The van der Waals surface area contributed by atoms with Crippen molar-refractivity contribution in [3.8, 4) is 0 Å². The Morgan fingerprint density at radius 1 is 0.956 bits per heavy atom. The zero-order valence-corrected chi connectivity index (χ0v) is 29.7. The number of nitrogens with zero attached hydrogens (tertiary/aromatic N) is 1. The van der Waals surface area contributed by atoms with Crippen molar-refractivity contribution in [3.05, 3.63) is 83.4 Å². The summed E-state index contributed by atoms with van der Waals surface area (Å²) < 4.78 is 10.1. The number of ether oxygens (including phenoxy) is 2. The molecule has 0 saturated carbocycles. The van der Waals surface area contributed by atoms with E-state index in [0.717, 1.165) is 57.2 Å². The van der Waals surface area contributed by atoms with Crippen LogP contribution in [0.1, 0.15) is 98.1 Å². The number of aryl methyl sites for hydroxylation is 1. The fraction of sp³-hybridized carbons (Fsp3) is 0.568. The summed E-state index contributed by atoms with van der Waals surface area (Å²) >= 11 is 0. The highest BCUT2D eigenvalue weighted by molar-refractivity contribution is 5.76. The number of amides is 1. The summed E-state index contributed by atoms with van der Waals surface area (Å²) in [6.45, 7) is 16.6. The second kappa shape index (κ2) is 33.5. The van der Waals surface area contributed by atoms with Gasteiger partial charge in [0.15, 0.2) is 0 Å². The molecule has 1 fully saturated rings. The molecule has 1 saturated heterocycles. The zero-order valence-electron chi connectivity index (χ0n) is 29.7. The number of aliphatic hydroxyl groups is 1. The number of hydrogen-bond donors (Lipinski definition) is 3. The van der Waals surface area contributed by atoms with Crippen molar-refractivity contribution in [3.63, 3.8) is 0 Å². The number of nitrogens with two attached hydrogens (primary N) is 1. The number of carbonyl (C=O) groups is 2. The second-order valence-electron chi connectivity index (χ2n) is 10.4. The molecule has 0 spiro atoms. The number of primary amides is 1. The van der Waals surface area contributed by atoms with Gasteiger partial charge in [-0.2, -0.15) is 0 Å². The molecule has 258 valence electrons. The second-order valence-corrected chi connectivity index (χ2v) is 10.4. The van der Waals surface area contributed by atoms with Crippen LogP contribution in [0.5, 0.6) is 0 Å². The summed E-state index contributed by atoms with van der Waals surface area (Å²) in [6.07, 6.45) is 19.2. The molecule has 1 amide bonds. The lowest BCUT2D eigenvalue weighted by Gasteiger charge is -2.27. The number of benzene rings is 1. The molecule has 1 unspecified atom stereocenters. The first-order chi connectivity index (χ1) is 21.5. The molecular formula is C37H64N2O6. The van der Waals surface area contributed by atoms with E-state index in [-0.39, 0.29) is 18.2 Å². The Labute approximate surface area is 274 Å². The summed E-state index contributed by atoms with van der Waals surface area (Å²) in [5, 5.41) is 15.6. The first-order valence-corrected chi connectivity index (χ1v) is 16.1. The molecule has 2 rings (SSSR count). The molecule has 0 bridgehead atoms. The van der Waals surface area contributed by atoms with E-state index in [1.165, 1.54) is 24.0 Å². The Morgan fingerprint density at radius 2 is 1.51 bits per heavy atom. The summed E-state index contributed by atoms with van der Waals surface area (Å²) in [6, 6.07) is 8.18. The van der Waals surface area contributed by atoms with Crippen LogP contribution in [0.15, 0.2) is 72.2 Å². The molecule has 0 aromatic heterocycles. The Bertz CT molecular complexity index is 962. The average Bonchev–Trinajstić information content (AvgIpc) is 3.05. The Kier molecular flexibility index (Phi) is 34.3. The first-order valence-electron chi connectivity index (χ1n) is 16.1. The number of aliphatic carboxylic acids is 1. The number of rotatable bonds is 13. The normalized spacial score (nSPS) is 14.8. The molecule has 0 radical (unpaired) electrons. The molecule has 1 atom stereocenters. The van der Waals surface area contributed by atoms with Crippen molar-refractivity contribution >= 4 is 11.9 Å². The highest BCUT2D eigenvalue weighted by Crippen LogP contribution is 2.14. The maximum atomic E-state index is 10.7. The van der Waals surface area contributed by atoms with Crippen molar-refractivity contribution in [2.24, 2.45) is 11.7 Å². The molecule has 1 aliphatic rings. The molecule has 4 N–H and O–H groups in total. The van der Waals surface area contributed by atoms with E-state index >= 15 is 0 Å². The summed E-state index contributed by atoms with van der Waals surface area (Å²) in [5.74, 6) is 0.0917. The minimum Gasteiger partial charge on any atom is -0.481 e. The van der Waals surface area contributed by atoms with Crippen LogP contribution in [0.3, 0.4) is 0 Å². The molecule has 8 nitrogen and oxygen atoms in total. The van der Waals surface area contributed by atoms with Gasteiger partial charge >= 0.3 is 5.97 Å². The van der Waals surface area contributed by atoms with Crippen LogP contribution in [0.4, 0.5) is 0 Å². The highest BCUT2D eigenvalue weighted by atomic mass is 16.7. The van der Waals surface area contributed by atoms with Gasteiger partial charge in [0.1, 0.15) is 0 Å². The monoisotopic (exact) mass is 632 g/mol. The largest absolute Gasteiger partial charge is 0.481 e. The predicted octanol–water partition coefficient (Wildman–Crippen LogP) is 7.82. The van der Waals surface area contributed by atoms with Gasteiger partial charge in [0.2, 0.25) is 12.7 Å². The highest BCUT2D eigenvalue weighted by Gasteiger charge is 2.21. The maximum absolute atomic E-state index is 10.7. The number of carbonyl (C=O) groups excluding carboxylic acids is 1. The van der Waals surface area contributed by atoms with E-state index in [2.05, 4.69) is 63.0 Å². The fourth-order valence-electron chi connectivity index (χ4n) is 3.64. The zero-order chi connectivity index (χ0) is 34.9. The van der Waals surface area contributed by atoms with Gasteiger partial charge in [-0.3, -0.25) is 9.59 Å². The van der Waals surface area contributed by atoms with Gasteiger partial charge < -0.3 is 30.3 Å². The van der Waals surface area contributed by atoms with Crippen molar-refractivity contribution in [2.45, 2.75) is 99.8 Å². The van der Waals surface area contributed by atoms with E-state index in [1.807, 2.05) is 52.1 Å². The molecule has 1 aromatic carbocycles. The third-order valence-electron chi connectivity index (χ3n) is 6.48. The van der Waals surface area contributed by atoms with Gasteiger partial charge in [0, 0.05) is 20.1 Å². The summed E-state index contributed by atoms with van der Waals surface area (Å²) in [7, 11) is 3.02. The van der Waals surface area contributed by atoms with Gasteiger partial charge in [-0.05, 0) is 110 Å². The van der Waals surface area contributed by atoms with Crippen LogP contribution in [0.2, 0.25) is 0 Å². The van der Waals surface area contributed by atoms with E-state index in [0.29, 0.717) is 13.2 Å². The number of piperidine rings is 1. The minimum absolute atomic E-state index is 0.0961. The van der Waals surface area contributed by atoms with Gasteiger partial charge in [-0.25, -0.2) is 0 Å². The average molecular weight is 633 g/mol. The molecule has 1 aliphatic heterocycles. The van der Waals surface area contributed by atoms with E-state index < -0.39 is 5.97 Å². The summed E-state index contributed by atoms with van der Waals surface area (Å²) in [4.78, 5) is 23.3. The Hall–Kier alpha value is -3.36. The molecule has 1 heterocycles. The minimum atomic E-state index is -0.742. The van der Waals surface area contributed by atoms with Crippen LogP contribution < -0.4 is 5.73 Å². The quantitative estimate of drug-likeness (QED) is 0.0877. The van der Waals surface area contributed by atoms with Crippen molar-refractivity contribution in [1.29, 1.82) is 0 Å². The maximum Gasteiger partial charge on any atom is 0.303 e. The molecule has 45 heavy (non-hydrogen) atoms. The fourth-order valence-corrected chi connectivity index (χ4v) is 3.64. The Balaban J connectivity index is -0.000000539. The van der Waals surface area contributed by atoms with Crippen LogP contribution in [0.25, 0.3) is 0 Å². The number of carboxylic acid groups (broad SMARTS) is 1. The molecule has 0 aliphatic carbocycles. The van der Waals surface area contributed by atoms with E-state index in [1.54, 1.807) is 6.26 Å². The molecule has 1 aromatic rings. The van der Waals surface area contributed by atoms with Gasteiger partial charge in [0.25, 0.3) is 0 Å². The third kappa shape index (κ3) is 31.9. The molecular weight excluding hydrogens is 568 g/mol. The first kappa shape index (κ1) is 46.1. The van der Waals surface area contributed by atoms with Crippen LogP contribution in [-0.2, 0) is 31.9 Å². The third-order valence-corrected chi connectivity index (χ3v) is 6.48. The standard InChI is InChI=1S/C14H18O2.C9H16O2.C7H14N2O.C6H12.CH4O/c1-3-11(2)10-13-6-4-12(5-7-13)8-9-14(15)16;1-4-6-7-10-8-11-9(3)5-2;1-9-4-2-3-6(5-9)7(8)10;1-3-5-6-4-2;1-2/h3-7H,8-10H2,1-2H3,(H,15,16);5-7H,4,8H2,1-3H3;6H,2-5H2,1H3,(H2,8,10);5-6H,3-4H2,1-2H3;2H,1H3/b11-3-;7-6+,9-5+;;6-5-;. The SMILES string of the molecule is C/C=C(/C)Cc1ccc(CCC(=O)O)cc1.C/C=C(\C)OCO/C=C/CC.CC/C=C\CC.CN1CCCC(C(N)=O)C1.CO. The lowest BCUT2D eigenvalue weighted by Crippen LogP contribution is -2.38. The predicted molar refractivity (Wildman–Crippen MR) is 189 cm³/mol. The summed E-state index contributed by atoms with van der Waals surface area (Å²) in [5.41, 5.74) is 8.87. The topological polar surface area (TPSA) is 122 Å². The van der Waals surface area contributed by atoms with Gasteiger partial charge in [-0.15, -0.1) is 0 Å². The lowest BCUT2D eigenvalue weighted by molar-refractivity contribution is -0.137. The van der Waals surface area contributed by atoms with Crippen molar-refractivity contribution in [2.75, 3.05) is 34.0 Å². The number of carboxylic acids is 1. The van der Waals surface area contributed by atoms with Crippen LogP contribution in [0, 0.1) is 5.92 Å². The number of likely N-dealkylation sites (tertiary alicyclic amines) is 1. The van der Waals surface area contributed by atoms with E-state index in [4.69, 9.17) is 25.4 Å². The van der Waals surface area contributed by atoms with Crippen LogP contribution >= 0.6 is 0 Å². The molecule has 8 heteroatoms. The van der Waals surface area contributed by atoms with Gasteiger partial charge in [0.05, 0.1) is 17.9 Å². The van der Waals surface area contributed by atoms with Crippen molar-refractivity contribution < 1.29 is 29.3 Å². The number of hydrogen-bond acceptors (Lipinski definition) is 6. The number of aliphatic hydroxyl groups excluding tert-OH is 1. The number of allylic oxidation sites excluding steroid dienone is 7. The van der Waals surface area contributed by atoms with Gasteiger partial charge in [-0.1, -0.05) is 68.8 Å². The van der Waals surface area contributed by atoms with Crippen molar-refractivity contribution in [1.82, 2.24) is 4.90 Å².